The lowest BCUT2D eigenvalue weighted by Gasteiger charge is -2.15. The molecule has 0 aliphatic carbocycles. The molecule has 0 aliphatic heterocycles. The second kappa shape index (κ2) is 8.03. The van der Waals surface area contributed by atoms with Gasteiger partial charge in [-0.3, -0.25) is 15.0 Å². The average Bonchev–Trinajstić information content (AvgIpc) is 2.15. The molecule has 5 N–H and O–H groups in total. The van der Waals surface area contributed by atoms with Gasteiger partial charge in [-0.25, -0.2) is 5.01 Å². The van der Waals surface area contributed by atoms with E-state index in [0.717, 1.165) is 0 Å². The number of hydrazine groups is 1. The zero-order chi connectivity index (χ0) is 12.6. The van der Waals surface area contributed by atoms with Crippen LogP contribution in [-0.2, 0) is 9.59 Å². The Morgan fingerprint density at radius 1 is 1.50 bits per heavy atom. The molecule has 94 valence electrons. The van der Waals surface area contributed by atoms with E-state index in [0.29, 0.717) is 12.8 Å². The number of hydrogen-bond acceptors (Lipinski definition) is 5. The highest BCUT2D eigenvalue weighted by Gasteiger charge is 2.09. The maximum absolute atomic E-state index is 11.2. The number of carboxylic acids is 1. The number of nitrogens with zero attached hydrogens (tertiary/aromatic N) is 1. The Hall–Kier alpha value is -1.18. The molecule has 0 rings (SSSR count). The smallest absolute Gasteiger partial charge is 0.319 e. The standard InChI is InChI=1S/C9H19N3O4/c1-12(6-9(15)16)11-8(14)4-2-3-7(13)5-10/h7,13H,2-6,10H2,1H3,(H,11,14)(H,15,16)/t7-/m1/s1. The molecule has 0 aromatic carbocycles. The highest BCUT2D eigenvalue weighted by molar-refractivity contribution is 5.76. The van der Waals surface area contributed by atoms with Crippen LogP contribution in [-0.4, -0.2) is 53.3 Å². The maximum Gasteiger partial charge on any atom is 0.319 e. The van der Waals surface area contributed by atoms with Gasteiger partial charge in [0.05, 0.1) is 6.10 Å². The number of aliphatic hydroxyl groups is 1. The van der Waals surface area contributed by atoms with Crippen LogP contribution >= 0.6 is 0 Å². The fraction of sp³-hybridized carbons (Fsp3) is 0.778. The minimum absolute atomic E-state index is 0.181. The maximum atomic E-state index is 11.2. The van der Waals surface area contributed by atoms with Gasteiger partial charge in [0.25, 0.3) is 0 Å². The lowest BCUT2D eigenvalue weighted by molar-refractivity contribution is -0.139. The summed E-state index contributed by atoms with van der Waals surface area (Å²) in [4.78, 5) is 21.5. The van der Waals surface area contributed by atoms with Gasteiger partial charge in [0, 0.05) is 20.0 Å². The van der Waals surface area contributed by atoms with Gasteiger partial charge >= 0.3 is 5.97 Å². The van der Waals surface area contributed by atoms with Crippen molar-refractivity contribution in [3.05, 3.63) is 0 Å². The van der Waals surface area contributed by atoms with E-state index in [1.165, 1.54) is 12.1 Å². The van der Waals surface area contributed by atoms with Crippen LogP contribution < -0.4 is 11.2 Å². The third-order valence-electron chi connectivity index (χ3n) is 1.90. The van der Waals surface area contributed by atoms with E-state index in [9.17, 15) is 9.59 Å². The summed E-state index contributed by atoms with van der Waals surface area (Å²) in [7, 11) is 1.47. The molecule has 0 aromatic heterocycles. The fourth-order valence-electron chi connectivity index (χ4n) is 1.13. The molecular weight excluding hydrogens is 214 g/mol. The van der Waals surface area contributed by atoms with Gasteiger partial charge < -0.3 is 15.9 Å². The van der Waals surface area contributed by atoms with E-state index < -0.39 is 12.1 Å². The summed E-state index contributed by atoms with van der Waals surface area (Å²) in [6.45, 7) is -0.0717. The predicted molar refractivity (Wildman–Crippen MR) is 57.3 cm³/mol. The van der Waals surface area contributed by atoms with E-state index in [-0.39, 0.29) is 25.4 Å². The Bertz CT molecular complexity index is 235. The molecule has 7 heteroatoms. The van der Waals surface area contributed by atoms with Crippen molar-refractivity contribution in [2.45, 2.75) is 25.4 Å². The first kappa shape index (κ1) is 14.8. The minimum Gasteiger partial charge on any atom is -0.480 e. The normalized spacial score (nSPS) is 12.5. The van der Waals surface area contributed by atoms with Crippen LogP contribution in [0.5, 0.6) is 0 Å². The van der Waals surface area contributed by atoms with Crippen molar-refractivity contribution in [2.75, 3.05) is 20.1 Å². The quantitative estimate of drug-likeness (QED) is 0.380. The summed E-state index contributed by atoms with van der Waals surface area (Å²) in [5, 5.41) is 18.8. The van der Waals surface area contributed by atoms with Crippen molar-refractivity contribution in [2.24, 2.45) is 5.73 Å². The molecule has 7 nitrogen and oxygen atoms in total. The van der Waals surface area contributed by atoms with Crippen molar-refractivity contribution in [3.63, 3.8) is 0 Å². The third-order valence-corrected chi connectivity index (χ3v) is 1.90. The molecule has 1 amide bonds. The Kier molecular flexibility index (Phi) is 7.44. The van der Waals surface area contributed by atoms with E-state index >= 15 is 0 Å². The van der Waals surface area contributed by atoms with Crippen LogP contribution in [0.1, 0.15) is 19.3 Å². The van der Waals surface area contributed by atoms with E-state index in [4.69, 9.17) is 15.9 Å². The molecule has 0 saturated carbocycles. The zero-order valence-corrected chi connectivity index (χ0v) is 9.35. The molecule has 0 radical (unpaired) electrons. The second-order valence-electron chi connectivity index (χ2n) is 3.57. The third kappa shape index (κ3) is 8.16. The van der Waals surface area contributed by atoms with E-state index in [1.54, 1.807) is 0 Å². The number of aliphatic carboxylic acids is 1. The monoisotopic (exact) mass is 233 g/mol. The minimum atomic E-state index is -1.01. The number of nitrogens with two attached hydrogens (primary N) is 1. The highest BCUT2D eigenvalue weighted by atomic mass is 16.4. The number of nitrogens with one attached hydrogen (secondary N) is 1. The molecular formula is C9H19N3O4. The Morgan fingerprint density at radius 3 is 2.62 bits per heavy atom. The molecule has 0 bridgehead atoms. The van der Waals surface area contributed by atoms with E-state index in [2.05, 4.69) is 5.43 Å². The van der Waals surface area contributed by atoms with Crippen LogP contribution in [0.15, 0.2) is 0 Å². The fourth-order valence-corrected chi connectivity index (χ4v) is 1.13. The van der Waals surface area contributed by atoms with Gasteiger partial charge in [0.1, 0.15) is 6.54 Å². The largest absolute Gasteiger partial charge is 0.480 e. The second-order valence-corrected chi connectivity index (χ2v) is 3.57. The van der Waals surface area contributed by atoms with Crippen molar-refractivity contribution < 1.29 is 19.8 Å². The molecule has 0 heterocycles. The molecule has 16 heavy (non-hydrogen) atoms. The van der Waals surface area contributed by atoms with Crippen LogP contribution in [0.25, 0.3) is 0 Å². The van der Waals surface area contributed by atoms with Gasteiger partial charge in [0.15, 0.2) is 0 Å². The molecule has 0 saturated heterocycles. The zero-order valence-electron chi connectivity index (χ0n) is 9.35. The molecule has 1 atom stereocenters. The number of hydrogen-bond donors (Lipinski definition) is 4. The van der Waals surface area contributed by atoms with Crippen molar-refractivity contribution in [1.29, 1.82) is 0 Å². The molecule has 0 spiro atoms. The van der Waals surface area contributed by atoms with Crippen LogP contribution in [0.4, 0.5) is 0 Å². The first-order chi connectivity index (χ1) is 7.45. The molecule has 0 fully saturated rings. The topological polar surface area (TPSA) is 116 Å². The van der Waals surface area contributed by atoms with Crippen LogP contribution in [0.2, 0.25) is 0 Å². The summed E-state index contributed by atoms with van der Waals surface area (Å²) in [6.07, 6.45) is 0.642. The van der Waals surface area contributed by atoms with Crippen molar-refractivity contribution >= 4 is 11.9 Å². The van der Waals surface area contributed by atoms with Crippen LogP contribution in [0.3, 0.4) is 0 Å². The number of rotatable bonds is 8. The van der Waals surface area contributed by atoms with Gasteiger partial charge in [-0.1, -0.05) is 0 Å². The number of carbonyl (C=O) groups excluding carboxylic acids is 1. The highest BCUT2D eigenvalue weighted by Crippen LogP contribution is 1.99. The van der Waals surface area contributed by atoms with Gasteiger partial charge in [-0.2, -0.15) is 0 Å². The molecule has 0 unspecified atom stereocenters. The number of aliphatic hydroxyl groups excluding tert-OH is 1. The summed E-state index contributed by atoms with van der Waals surface area (Å²) >= 11 is 0. The number of amides is 1. The summed E-state index contributed by atoms with van der Waals surface area (Å²) in [6, 6.07) is 0. The Balaban J connectivity index is 3.62. The summed E-state index contributed by atoms with van der Waals surface area (Å²) < 4.78 is 0. The van der Waals surface area contributed by atoms with E-state index in [1.807, 2.05) is 0 Å². The van der Waals surface area contributed by atoms with Crippen molar-refractivity contribution in [1.82, 2.24) is 10.4 Å². The number of carboxylic acid groups (broad SMARTS) is 1. The Labute approximate surface area is 94.2 Å². The Morgan fingerprint density at radius 2 is 2.12 bits per heavy atom. The average molecular weight is 233 g/mol. The first-order valence-corrected chi connectivity index (χ1v) is 5.06. The van der Waals surface area contributed by atoms with Gasteiger partial charge in [-0.15, -0.1) is 0 Å². The SMILES string of the molecule is CN(CC(=O)O)NC(=O)CCC[C@@H](O)CN. The molecule has 0 aromatic rings. The lowest BCUT2D eigenvalue weighted by Crippen LogP contribution is -2.42. The lowest BCUT2D eigenvalue weighted by atomic mass is 10.1. The first-order valence-electron chi connectivity index (χ1n) is 5.06. The number of likely N-dealkylation sites (N-methyl/N-ethyl adjacent to an activating group) is 1. The van der Waals surface area contributed by atoms with Crippen molar-refractivity contribution in [3.8, 4) is 0 Å². The van der Waals surface area contributed by atoms with Gasteiger partial charge in [0.2, 0.25) is 5.91 Å². The number of carbonyl (C=O) groups is 2. The summed E-state index contributed by atoms with van der Waals surface area (Å²) in [5.74, 6) is -1.28. The van der Waals surface area contributed by atoms with Gasteiger partial charge in [-0.05, 0) is 12.8 Å². The van der Waals surface area contributed by atoms with Crippen LogP contribution in [0, 0.1) is 0 Å². The predicted octanol–water partition coefficient (Wildman–Crippen LogP) is -1.48. The molecule has 0 aliphatic rings. The summed E-state index contributed by atoms with van der Waals surface area (Å²) in [5.41, 5.74) is 7.60.